The van der Waals surface area contributed by atoms with Crippen molar-refractivity contribution >= 4 is 10.8 Å². The summed E-state index contributed by atoms with van der Waals surface area (Å²) >= 11 is 0. The predicted octanol–water partition coefficient (Wildman–Crippen LogP) is 3.46. The zero-order chi connectivity index (χ0) is 15.9. The summed E-state index contributed by atoms with van der Waals surface area (Å²) in [6, 6.07) is 6.50. The topological polar surface area (TPSA) is 29.6 Å². The molecule has 8 heteroatoms. The van der Waals surface area contributed by atoms with E-state index in [1.165, 1.54) is 0 Å². The normalized spacial score (nSPS) is 23.9. The molecule has 1 heterocycles. The molecule has 0 amide bonds. The molecule has 0 bridgehead atoms. The molecule has 1 saturated heterocycles. The lowest BCUT2D eigenvalue weighted by atomic mass is 10.0. The number of aryl methyl sites for hydroxylation is 1. The quantitative estimate of drug-likeness (QED) is 0.612. The highest BCUT2D eigenvalue weighted by atomic mass is 32.2. The van der Waals surface area contributed by atoms with Crippen LogP contribution in [-0.2, 0) is 15.5 Å². The Balaban J connectivity index is 2.05. The Hall–Kier alpha value is -1.02. The zero-order valence-electron chi connectivity index (χ0n) is 11.0. The molecule has 21 heavy (non-hydrogen) atoms. The first-order valence-corrected chi connectivity index (χ1v) is 7.40. The van der Waals surface area contributed by atoms with Crippen molar-refractivity contribution in [3.05, 3.63) is 29.8 Å². The van der Waals surface area contributed by atoms with E-state index in [1.54, 1.807) is 24.3 Å². The van der Waals surface area contributed by atoms with Gasteiger partial charge in [0.15, 0.2) is 0 Å². The highest BCUT2D eigenvalue weighted by molar-refractivity contribution is 7.85. The fraction of sp³-hybridized carbons (Fsp3) is 0.538. The number of epoxide rings is 1. The van der Waals surface area contributed by atoms with Crippen LogP contribution in [0.25, 0.3) is 0 Å². The fourth-order valence-corrected chi connectivity index (χ4v) is 3.21. The third-order valence-electron chi connectivity index (χ3n) is 3.19. The molecule has 2 rings (SSSR count). The van der Waals surface area contributed by atoms with Crippen LogP contribution in [0.15, 0.2) is 29.2 Å². The molecule has 0 aliphatic carbocycles. The van der Waals surface area contributed by atoms with Gasteiger partial charge in [-0.15, -0.1) is 0 Å². The molecule has 1 aliphatic rings. The van der Waals surface area contributed by atoms with Gasteiger partial charge in [0.2, 0.25) is 0 Å². The largest absolute Gasteiger partial charge is 0.453 e. The molecule has 0 unspecified atom stereocenters. The minimum Gasteiger partial charge on any atom is -0.368 e. The molecule has 0 radical (unpaired) electrons. The molecular formula is C13H13F5O2S. The second kappa shape index (κ2) is 5.31. The summed E-state index contributed by atoms with van der Waals surface area (Å²) in [5.41, 5.74) is -0.730. The SMILES string of the molecule is Cc1ccc([S@](=O)C[C@@]2(CC(F)(F)C(F)(F)F)CO2)cc1. The molecule has 0 N–H and O–H groups in total. The van der Waals surface area contributed by atoms with Crippen LogP contribution in [0.4, 0.5) is 22.0 Å². The van der Waals surface area contributed by atoms with Crippen LogP contribution in [0.5, 0.6) is 0 Å². The molecule has 2 atom stereocenters. The maximum absolute atomic E-state index is 13.1. The van der Waals surface area contributed by atoms with E-state index in [0.717, 1.165) is 5.56 Å². The van der Waals surface area contributed by atoms with Crippen LogP contribution in [0.2, 0.25) is 0 Å². The molecular weight excluding hydrogens is 315 g/mol. The van der Waals surface area contributed by atoms with E-state index in [9.17, 15) is 26.2 Å². The van der Waals surface area contributed by atoms with Gasteiger partial charge in [-0.2, -0.15) is 22.0 Å². The standard InChI is InChI=1S/C13H13F5O2S/c1-9-2-4-10(5-3-9)21(19)8-11(7-20-11)6-12(14,15)13(16,17)18/h2-5H,6-8H2,1H3/t11-,21-/m1/s1. The summed E-state index contributed by atoms with van der Waals surface area (Å²) < 4.78 is 79.6. The van der Waals surface area contributed by atoms with Crippen LogP contribution < -0.4 is 0 Å². The maximum Gasteiger partial charge on any atom is 0.453 e. The van der Waals surface area contributed by atoms with Crippen LogP contribution in [0, 0.1) is 6.92 Å². The van der Waals surface area contributed by atoms with E-state index in [0.29, 0.717) is 4.90 Å². The Labute approximate surface area is 120 Å². The smallest absolute Gasteiger partial charge is 0.368 e. The highest BCUT2D eigenvalue weighted by Crippen LogP contribution is 2.46. The molecule has 1 aromatic rings. The minimum absolute atomic E-state index is 0.240. The average Bonchev–Trinajstić information content (AvgIpc) is 3.07. The number of rotatable bonds is 5. The van der Waals surface area contributed by atoms with Gasteiger partial charge in [0.25, 0.3) is 0 Å². The molecule has 118 valence electrons. The van der Waals surface area contributed by atoms with Crippen molar-refractivity contribution in [1.29, 1.82) is 0 Å². The molecule has 1 aromatic carbocycles. The second-order valence-electron chi connectivity index (χ2n) is 5.15. The van der Waals surface area contributed by atoms with E-state index >= 15 is 0 Å². The lowest BCUT2D eigenvalue weighted by Gasteiger charge is -2.22. The van der Waals surface area contributed by atoms with Crippen molar-refractivity contribution in [3.63, 3.8) is 0 Å². The van der Waals surface area contributed by atoms with Crippen molar-refractivity contribution in [3.8, 4) is 0 Å². The minimum atomic E-state index is -5.63. The maximum atomic E-state index is 13.1. The molecule has 1 aliphatic heterocycles. The van der Waals surface area contributed by atoms with E-state index in [4.69, 9.17) is 4.74 Å². The van der Waals surface area contributed by atoms with Gasteiger partial charge in [0.1, 0.15) is 5.60 Å². The van der Waals surface area contributed by atoms with Gasteiger partial charge >= 0.3 is 12.1 Å². The Morgan fingerprint density at radius 1 is 1.19 bits per heavy atom. The summed E-state index contributed by atoms with van der Waals surface area (Å²) in [5, 5.41) is 0. The summed E-state index contributed by atoms with van der Waals surface area (Å²) in [5.74, 6) is -5.22. The fourth-order valence-electron chi connectivity index (χ4n) is 1.86. The van der Waals surface area contributed by atoms with Crippen molar-refractivity contribution in [1.82, 2.24) is 0 Å². The van der Waals surface area contributed by atoms with Gasteiger partial charge in [-0.3, -0.25) is 4.21 Å². The Kier molecular flexibility index (Phi) is 4.14. The van der Waals surface area contributed by atoms with Gasteiger partial charge in [0.05, 0.1) is 29.6 Å². The number of ether oxygens (including phenoxy) is 1. The average molecular weight is 328 g/mol. The predicted molar refractivity (Wildman–Crippen MR) is 66.8 cm³/mol. The van der Waals surface area contributed by atoms with E-state index in [2.05, 4.69) is 0 Å². The van der Waals surface area contributed by atoms with E-state index in [-0.39, 0.29) is 12.4 Å². The third-order valence-corrected chi connectivity index (χ3v) is 4.78. The van der Waals surface area contributed by atoms with Crippen LogP contribution in [-0.4, -0.2) is 34.3 Å². The van der Waals surface area contributed by atoms with Crippen molar-refractivity contribution in [2.24, 2.45) is 0 Å². The molecule has 1 fully saturated rings. The lowest BCUT2D eigenvalue weighted by molar-refractivity contribution is -0.288. The Morgan fingerprint density at radius 3 is 2.14 bits per heavy atom. The summed E-state index contributed by atoms with van der Waals surface area (Å²) in [6.45, 7) is 1.58. The summed E-state index contributed by atoms with van der Waals surface area (Å²) in [6.07, 6.45) is -7.13. The summed E-state index contributed by atoms with van der Waals surface area (Å²) in [4.78, 5) is 0.380. The summed E-state index contributed by atoms with van der Waals surface area (Å²) in [7, 11) is -1.69. The molecule has 0 aromatic heterocycles. The lowest BCUT2D eigenvalue weighted by Crippen LogP contribution is -2.42. The third kappa shape index (κ3) is 3.79. The van der Waals surface area contributed by atoms with Gasteiger partial charge in [0, 0.05) is 4.90 Å². The number of benzene rings is 1. The van der Waals surface area contributed by atoms with Gasteiger partial charge in [-0.25, -0.2) is 0 Å². The van der Waals surface area contributed by atoms with Gasteiger partial charge < -0.3 is 4.74 Å². The highest BCUT2D eigenvalue weighted by Gasteiger charge is 2.64. The van der Waals surface area contributed by atoms with Gasteiger partial charge in [-0.05, 0) is 19.1 Å². The first-order valence-electron chi connectivity index (χ1n) is 6.08. The number of hydrogen-bond donors (Lipinski definition) is 0. The number of hydrogen-bond acceptors (Lipinski definition) is 2. The van der Waals surface area contributed by atoms with Crippen LogP contribution in [0.3, 0.4) is 0 Å². The molecule has 0 spiro atoms. The zero-order valence-corrected chi connectivity index (χ0v) is 11.9. The van der Waals surface area contributed by atoms with Crippen molar-refractivity contribution in [2.75, 3.05) is 12.4 Å². The van der Waals surface area contributed by atoms with E-state index < -0.39 is 34.9 Å². The first-order chi connectivity index (χ1) is 9.55. The van der Waals surface area contributed by atoms with Crippen molar-refractivity contribution < 1.29 is 30.9 Å². The van der Waals surface area contributed by atoms with Crippen molar-refractivity contribution in [2.45, 2.75) is 35.9 Å². The monoisotopic (exact) mass is 328 g/mol. The van der Waals surface area contributed by atoms with Crippen LogP contribution in [0.1, 0.15) is 12.0 Å². The Bertz CT molecular complexity index is 534. The van der Waals surface area contributed by atoms with Gasteiger partial charge in [-0.1, -0.05) is 17.7 Å². The Morgan fingerprint density at radius 2 is 1.71 bits per heavy atom. The van der Waals surface area contributed by atoms with E-state index in [1.807, 2.05) is 6.92 Å². The first kappa shape index (κ1) is 16.4. The molecule has 0 saturated carbocycles. The second-order valence-corrected chi connectivity index (χ2v) is 6.60. The molecule has 2 nitrogen and oxygen atoms in total. The van der Waals surface area contributed by atoms with Crippen LogP contribution >= 0.6 is 0 Å². The number of halogens is 5. The number of alkyl halides is 5.